The van der Waals surface area contributed by atoms with Gasteiger partial charge in [0, 0.05) is 13.1 Å². The molecule has 0 radical (unpaired) electrons. The third-order valence-electron chi connectivity index (χ3n) is 6.65. The average molecular weight is 601 g/mol. The molecule has 4 rings (SSSR count). The molecule has 43 heavy (non-hydrogen) atoms. The smallest absolute Gasteiger partial charge is 0.419 e. The number of hydrogen-bond donors (Lipinski definition) is 2. The summed E-state index contributed by atoms with van der Waals surface area (Å²) in [7, 11) is 0. The second-order valence-corrected chi connectivity index (χ2v) is 11.2. The van der Waals surface area contributed by atoms with Gasteiger partial charge in [-0.15, -0.1) is 0 Å². The highest BCUT2D eigenvalue weighted by Gasteiger charge is 2.42. The predicted molar refractivity (Wildman–Crippen MR) is 148 cm³/mol. The van der Waals surface area contributed by atoms with E-state index < -0.39 is 41.0 Å². The molecule has 12 heteroatoms. The number of benzene rings is 3. The first-order valence-corrected chi connectivity index (χ1v) is 13.3. The Balaban J connectivity index is 1.43. The van der Waals surface area contributed by atoms with Crippen LogP contribution in [0.5, 0.6) is 17.2 Å². The van der Waals surface area contributed by atoms with Crippen LogP contribution >= 0.6 is 0 Å². The van der Waals surface area contributed by atoms with Crippen LogP contribution in [0.3, 0.4) is 0 Å². The van der Waals surface area contributed by atoms with Gasteiger partial charge in [0.25, 0.3) is 0 Å². The van der Waals surface area contributed by atoms with Crippen LogP contribution in [0, 0.1) is 0 Å². The van der Waals surface area contributed by atoms with Crippen LogP contribution in [0.1, 0.15) is 49.9 Å². The van der Waals surface area contributed by atoms with Crippen molar-refractivity contribution in [2.45, 2.75) is 58.0 Å². The summed E-state index contributed by atoms with van der Waals surface area (Å²) in [4.78, 5) is 40.3. The largest absolute Gasteiger partial charge is 0.508 e. The third-order valence-corrected chi connectivity index (χ3v) is 6.65. The zero-order chi connectivity index (χ0) is 31.6. The lowest BCUT2D eigenvalue weighted by molar-refractivity contribution is -0.162. The van der Waals surface area contributed by atoms with E-state index in [0.717, 1.165) is 17.7 Å². The Morgan fingerprint density at radius 2 is 1.44 bits per heavy atom. The normalized spacial score (nSPS) is 14.6. The van der Waals surface area contributed by atoms with E-state index in [-0.39, 0.29) is 30.2 Å². The van der Waals surface area contributed by atoms with E-state index in [9.17, 15) is 32.7 Å². The van der Waals surface area contributed by atoms with Gasteiger partial charge in [-0.05, 0) is 99.3 Å². The van der Waals surface area contributed by atoms with Crippen LogP contribution in [0.15, 0.2) is 66.7 Å². The lowest BCUT2D eigenvalue weighted by Gasteiger charge is -2.32. The molecular weight excluding hydrogens is 569 g/mol. The van der Waals surface area contributed by atoms with Gasteiger partial charge in [0.1, 0.15) is 22.8 Å². The molecule has 0 aliphatic carbocycles. The van der Waals surface area contributed by atoms with Crippen LogP contribution < -0.4 is 10.1 Å². The molecule has 9 nitrogen and oxygen atoms in total. The van der Waals surface area contributed by atoms with E-state index in [1.165, 1.54) is 48.2 Å². The van der Waals surface area contributed by atoms with Crippen molar-refractivity contribution in [3.8, 4) is 17.2 Å². The molecule has 0 spiro atoms. The van der Waals surface area contributed by atoms with Crippen molar-refractivity contribution >= 4 is 18.2 Å². The molecule has 1 heterocycles. The summed E-state index contributed by atoms with van der Waals surface area (Å²) in [6.45, 7) is 6.72. The van der Waals surface area contributed by atoms with Crippen LogP contribution in [0.25, 0.3) is 0 Å². The first-order valence-electron chi connectivity index (χ1n) is 13.3. The topological polar surface area (TPSA) is 114 Å². The molecule has 1 atom stereocenters. The number of aromatic hydroxyl groups is 1. The number of phenolic OH excluding ortho intramolecular Hbond substituents is 1. The van der Waals surface area contributed by atoms with Gasteiger partial charge in [-0.3, -0.25) is 0 Å². The first kappa shape index (κ1) is 31.2. The van der Waals surface area contributed by atoms with E-state index in [0.29, 0.717) is 17.7 Å². The van der Waals surface area contributed by atoms with Gasteiger partial charge < -0.3 is 29.5 Å². The summed E-state index contributed by atoms with van der Waals surface area (Å²) in [6, 6.07) is 15.0. The van der Waals surface area contributed by atoms with Gasteiger partial charge in [0.2, 0.25) is 0 Å². The number of ether oxygens (including phenoxy) is 3. The Labute approximate surface area is 246 Å². The summed E-state index contributed by atoms with van der Waals surface area (Å²) in [5.41, 5.74) is -1.51. The van der Waals surface area contributed by atoms with Crippen LogP contribution in [0.2, 0.25) is 0 Å². The fourth-order valence-electron chi connectivity index (χ4n) is 4.39. The number of esters is 1. The Hall–Kier alpha value is -4.74. The van der Waals surface area contributed by atoms with Gasteiger partial charge in [-0.25, -0.2) is 14.4 Å². The van der Waals surface area contributed by atoms with Crippen molar-refractivity contribution < 1.29 is 46.9 Å². The molecule has 1 unspecified atom stereocenters. The van der Waals surface area contributed by atoms with Gasteiger partial charge in [0.05, 0.1) is 5.56 Å². The number of carbonyl (C=O) groups excluding carboxylic acids is 3. The molecule has 0 bridgehead atoms. The second-order valence-electron chi connectivity index (χ2n) is 11.2. The number of carbonyl (C=O) groups is 3. The Morgan fingerprint density at radius 3 is 2.05 bits per heavy atom. The number of alkyl carbamates (subject to hydrolysis) is 1. The number of fused-ring (bicyclic) bond motifs is 1. The summed E-state index contributed by atoms with van der Waals surface area (Å²) in [6.07, 6.45) is -6.14. The number of phenols is 1. The molecular formula is C31H31F3N2O7. The van der Waals surface area contributed by atoms with Crippen LogP contribution in [-0.4, -0.2) is 40.3 Å². The fourth-order valence-corrected chi connectivity index (χ4v) is 4.39. The number of nitrogens with one attached hydrogen (secondary N) is 1. The van der Waals surface area contributed by atoms with Crippen LogP contribution in [-0.2, 0) is 38.9 Å². The molecule has 228 valence electrons. The molecule has 0 fully saturated rings. The zero-order valence-electron chi connectivity index (χ0n) is 23.9. The predicted octanol–water partition coefficient (Wildman–Crippen LogP) is 6.66. The van der Waals surface area contributed by atoms with Crippen molar-refractivity contribution in [2.24, 2.45) is 0 Å². The summed E-state index contributed by atoms with van der Waals surface area (Å²) in [5, 5.41) is 12.1. The quantitative estimate of drug-likeness (QED) is 0.249. The number of halogens is 3. The number of amides is 2. The number of hydrogen-bond acceptors (Lipinski definition) is 7. The molecule has 0 saturated carbocycles. The SMILES string of the molecule is CC(C)(C)OC(=O)C(C)(NC(=O)OC(=O)N1CCc2ccc(Oc3ccc(C(F)(F)F)cc3)cc2C1)c1ccc(O)cc1. The molecule has 0 aromatic heterocycles. The monoisotopic (exact) mass is 600 g/mol. The second kappa shape index (κ2) is 11.9. The summed E-state index contributed by atoms with van der Waals surface area (Å²) in [5.74, 6) is -0.291. The molecule has 1 aliphatic heterocycles. The maximum atomic E-state index is 13.1. The molecule has 3 aromatic carbocycles. The minimum Gasteiger partial charge on any atom is -0.508 e. The van der Waals surface area contributed by atoms with Crippen molar-refractivity contribution in [1.29, 1.82) is 0 Å². The summed E-state index contributed by atoms with van der Waals surface area (Å²) < 4.78 is 54.8. The standard InChI is InChI=1S/C31H31F3N2O7/c1-29(2,3)43-26(38)30(4,21-6-10-23(37)11-7-21)35-27(39)42-28(40)36-16-15-19-5-12-25(17-20(19)18-36)41-24-13-8-22(9-14-24)31(32,33)34/h5-14,17,37H,15-16,18H2,1-4H3,(H,35,39). The maximum absolute atomic E-state index is 13.1. The zero-order valence-corrected chi connectivity index (χ0v) is 23.9. The van der Waals surface area contributed by atoms with Gasteiger partial charge in [0.15, 0.2) is 5.54 Å². The highest BCUT2D eigenvalue weighted by Crippen LogP contribution is 2.33. The fraction of sp³-hybridized carbons (Fsp3) is 0.323. The lowest BCUT2D eigenvalue weighted by atomic mass is 9.91. The average Bonchev–Trinajstić information content (AvgIpc) is 2.91. The first-order chi connectivity index (χ1) is 20.0. The third kappa shape index (κ3) is 7.76. The minimum absolute atomic E-state index is 0.0497. The molecule has 3 aromatic rings. The van der Waals surface area contributed by atoms with E-state index in [1.807, 2.05) is 0 Å². The Bertz CT molecular complexity index is 1500. The molecule has 2 amide bonds. The number of rotatable bonds is 5. The molecule has 0 saturated heterocycles. The maximum Gasteiger partial charge on any atom is 0.419 e. The highest BCUT2D eigenvalue weighted by atomic mass is 19.4. The van der Waals surface area contributed by atoms with E-state index in [1.54, 1.807) is 39.0 Å². The number of nitrogens with zero attached hydrogens (tertiary/aromatic N) is 1. The highest BCUT2D eigenvalue weighted by molar-refractivity contribution is 5.90. The molecule has 2 N–H and O–H groups in total. The number of alkyl halides is 3. The van der Waals surface area contributed by atoms with Crippen molar-refractivity contribution in [1.82, 2.24) is 10.2 Å². The van der Waals surface area contributed by atoms with Gasteiger partial charge in [-0.2, -0.15) is 13.2 Å². The minimum atomic E-state index is -4.46. The Kier molecular flexibility index (Phi) is 8.61. The molecule has 1 aliphatic rings. The van der Waals surface area contributed by atoms with Crippen LogP contribution in [0.4, 0.5) is 22.8 Å². The van der Waals surface area contributed by atoms with E-state index >= 15 is 0 Å². The summed E-state index contributed by atoms with van der Waals surface area (Å²) >= 11 is 0. The van der Waals surface area contributed by atoms with Gasteiger partial charge >= 0.3 is 24.3 Å². The van der Waals surface area contributed by atoms with E-state index in [4.69, 9.17) is 14.2 Å². The lowest BCUT2D eigenvalue weighted by Crippen LogP contribution is -2.53. The van der Waals surface area contributed by atoms with Crippen molar-refractivity contribution in [2.75, 3.05) is 6.54 Å². The van der Waals surface area contributed by atoms with E-state index in [2.05, 4.69) is 5.32 Å². The van der Waals surface area contributed by atoms with Gasteiger partial charge in [-0.1, -0.05) is 18.2 Å². The Morgan fingerprint density at radius 1 is 0.837 bits per heavy atom. The van der Waals surface area contributed by atoms with Crippen molar-refractivity contribution in [3.05, 3.63) is 89.0 Å². The van der Waals surface area contributed by atoms with Crippen molar-refractivity contribution in [3.63, 3.8) is 0 Å².